The molecular weight excluding hydrogens is 1020 g/mol. The number of rotatable bonds is 8. The van der Waals surface area contributed by atoms with Gasteiger partial charge in [-0.3, -0.25) is 0 Å². The van der Waals surface area contributed by atoms with Gasteiger partial charge in [0.1, 0.15) is 0 Å². The summed E-state index contributed by atoms with van der Waals surface area (Å²) >= 11 is 1.96. The van der Waals surface area contributed by atoms with Crippen molar-refractivity contribution in [2.24, 2.45) is 0 Å². The lowest BCUT2D eigenvalue weighted by molar-refractivity contribution is 0.590. The van der Waals surface area contributed by atoms with Crippen LogP contribution in [0.1, 0.15) is 105 Å². The molecule has 0 atom stereocenters. The lowest BCUT2D eigenvalue weighted by atomic mass is 9.36. The number of hydrogen-bond acceptors (Lipinski definition) is 4. The molecule has 0 fully saturated rings. The minimum absolute atomic E-state index is 0.00730. The van der Waals surface area contributed by atoms with Gasteiger partial charge in [0.25, 0.3) is 6.71 Å². The van der Waals surface area contributed by atoms with Crippen LogP contribution in [0.2, 0.25) is 0 Å². The highest BCUT2D eigenvalue weighted by molar-refractivity contribution is 7.33. The summed E-state index contributed by atoms with van der Waals surface area (Å²) in [6, 6.07) is 87.8. The molecule has 0 bridgehead atoms. The molecular formula is C78H74BN3S. The second-order valence-corrected chi connectivity index (χ2v) is 28.2. The van der Waals surface area contributed by atoms with E-state index in [1.54, 1.807) is 0 Å². The van der Waals surface area contributed by atoms with Crippen LogP contribution in [0.3, 0.4) is 0 Å². The maximum atomic E-state index is 2.62. The Morgan fingerprint density at radius 2 is 0.783 bits per heavy atom. The first-order valence-corrected chi connectivity index (χ1v) is 30.4. The van der Waals surface area contributed by atoms with Crippen LogP contribution in [0.4, 0.5) is 51.2 Å². The summed E-state index contributed by atoms with van der Waals surface area (Å²) in [5, 5.41) is 1.26. The van der Waals surface area contributed by atoms with Crippen molar-refractivity contribution >= 4 is 95.0 Å². The van der Waals surface area contributed by atoms with Crippen LogP contribution >= 0.6 is 11.3 Å². The Morgan fingerprint density at radius 1 is 0.361 bits per heavy atom. The van der Waals surface area contributed by atoms with E-state index in [2.05, 4.69) is 328 Å². The summed E-state index contributed by atoms with van der Waals surface area (Å²) in [6.07, 6.45) is 0. The largest absolute Gasteiger partial charge is 0.311 e. The Labute approximate surface area is 497 Å². The van der Waals surface area contributed by atoms with Gasteiger partial charge < -0.3 is 14.7 Å². The molecule has 3 nitrogen and oxygen atoms in total. The van der Waals surface area contributed by atoms with Crippen LogP contribution in [0.15, 0.2) is 231 Å². The lowest BCUT2D eigenvalue weighted by Crippen LogP contribution is -2.60. The Bertz CT molecular complexity index is 4140. The zero-order valence-corrected chi connectivity index (χ0v) is 51.1. The Morgan fingerprint density at radius 3 is 1.25 bits per heavy atom. The highest BCUT2D eigenvalue weighted by Crippen LogP contribution is 2.52. The summed E-state index contributed by atoms with van der Waals surface area (Å²) < 4.78 is 2.61. The molecule has 0 radical (unpaired) electrons. The first-order chi connectivity index (χ1) is 39.7. The van der Waals surface area contributed by atoms with Gasteiger partial charge in [0, 0.05) is 60.2 Å². The zero-order chi connectivity index (χ0) is 57.7. The topological polar surface area (TPSA) is 9.72 Å². The van der Waals surface area contributed by atoms with Crippen molar-refractivity contribution in [3.8, 4) is 33.4 Å². The molecule has 83 heavy (non-hydrogen) atoms. The molecule has 0 amide bonds. The second kappa shape index (κ2) is 20.2. The number of anilines is 9. The van der Waals surface area contributed by atoms with Crippen molar-refractivity contribution in [1.82, 2.24) is 0 Å². The van der Waals surface area contributed by atoms with Gasteiger partial charge >= 0.3 is 0 Å². The molecule has 2 aliphatic rings. The molecule has 410 valence electrons. The molecule has 1 aromatic heterocycles. The maximum absolute atomic E-state index is 2.62. The smallest absolute Gasteiger partial charge is 0.264 e. The van der Waals surface area contributed by atoms with Gasteiger partial charge in [-0.2, -0.15) is 0 Å². The highest BCUT2D eigenvalue weighted by atomic mass is 32.1. The average molecular weight is 1100 g/mol. The predicted molar refractivity (Wildman–Crippen MR) is 362 cm³/mol. The highest BCUT2D eigenvalue weighted by Gasteiger charge is 2.46. The van der Waals surface area contributed by atoms with Gasteiger partial charge in [0.05, 0.1) is 11.4 Å². The van der Waals surface area contributed by atoms with Crippen LogP contribution in [0.25, 0.3) is 43.5 Å². The Hall–Kier alpha value is -8.38. The minimum atomic E-state index is -0.121. The molecule has 13 rings (SSSR count). The molecule has 0 aliphatic carbocycles. The van der Waals surface area contributed by atoms with Crippen LogP contribution in [0, 0.1) is 0 Å². The average Bonchev–Trinajstić information content (AvgIpc) is 2.80. The minimum Gasteiger partial charge on any atom is -0.311 e. The standard InChI is InChI=1S/C78H74BN3S/c1-75(2,3)56-29-37-60(38-30-56)80(61-39-31-57(32-40-61)76(4,5)6)67-50-68-66(49-64(67)53-26-20-15-21-27-53)79-72-69(81(68)62-41-33-58(34-42-62)77(7,8)9)47-55(52-24-18-14-19-25-52)48-70(72)82(63-43-35-59(36-44-63)78(10,11)12)73-65-46-54(51-22-16-13-17-23-51)28-45-71(65)83-74(73)79/h13-50H,1-12H3. The van der Waals surface area contributed by atoms with Gasteiger partial charge in [-0.25, -0.2) is 0 Å². The summed E-state index contributed by atoms with van der Waals surface area (Å²) in [5.74, 6) is 0. The van der Waals surface area contributed by atoms with E-state index < -0.39 is 0 Å². The van der Waals surface area contributed by atoms with Crippen molar-refractivity contribution in [1.29, 1.82) is 0 Å². The normalized spacial score (nSPS) is 13.2. The van der Waals surface area contributed by atoms with Crippen LogP contribution in [0.5, 0.6) is 0 Å². The second-order valence-electron chi connectivity index (χ2n) is 27.1. The van der Waals surface area contributed by atoms with Crippen molar-refractivity contribution in [2.75, 3.05) is 14.7 Å². The van der Waals surface area contributed by atoms with E-state index >= 15 is 0 Å². The van der Waals surface area contributed by atoms with Crippen LogP contribution < -0.4 is 30.4 Å². The number of nitrogens with zero attached hydrogens (tertiary/aromatic N) is 3. The number of fused-ring (bicyclic) bond motifs is 6. The molecule has 2 aliphatic heterocycles. The van der Waals surface area contributed by atoms with Crippen LogP contribution in [-0.4, -0.2) is 6.71 Å². The molecule has 3 heterocycles. The molecule has 0 spiro atoms. The summed E-state index contributed by atoms with van der Waals surface area (Å²) in [7, 11) is 0. The SMILES string of the molecule is CC(C)(C)c1ccc(N(c2ccc(C(C)(C)C)cc2)c2cc3c(cc2-c2ccccc2)B2c4sc5ccc(-c6ccccc6)cc5c4N(c4ccc(C(C)(C)C)cc4)c4cc(-c5ccccc5)cc(c42)N3c2ccc(C(C)(C)C)cc2)cc1. The third kappa shape index (κ3) is 9.77. The molecule has 10 aromatic carbocycles. The first-order valence-electron chi connectivity index (χ1n) is 29.6. The van der Waals surface area contributed by atoms with E-state index in [-0.39, 0.29) is 28.4 Å². The quantitative estimate of drug-likeness (QED) is 0.140. The van der Waals surface area contributed by atoms with E-state index in [0.717, 1.165) is 34.1 Å². The monoisotopic (exact) mass is 1100 g/mol. The fourth-order valence-electron chi connectivity index (χ4n) is 12.6. The van der Waals surface area contributed by atoms with E-state index in [9.17, 15) is 0 Å². The zero-order valence-electron chi connectivity index (χ0n) is 50.3. The molecule has 11 aromatic rings. The fourth-order valence-corrected chi connectivity index (χ4v) is 13.9. The summed E-state index contributed by atoms with van der Waals surface area (Å²) in [4.78, 5) is 7.75. The fraction of sp³-hybridized carbons (Fsp3) is 0.205. The van der Waals surface area contributed by atoms with Crippen molar-refractivity contribution in [3.63, 3.8) is 0 Å². The Kier molecular flexibility index (Phi) is 13.1. The third-order valence-corrected chi connectivity index (χ3v) is 18.5. The van der Waals surface area contributed by atoms with E-state index in [0.29, 0.717) is 0 Å². The van der Waals surface area contributed by atoms with Crippen molar-refractivity contribution in [2.45, 2.75) is 105 Å². The van der Waals surface area contributed by atoms with E-state index in [4.69, 9.17) is 0 Å². The predicted octanol–water partition coefficient (Wildman–Crippen LogP) is 20.6. The van der Waals surface area contributed by atoms with E-state index in [1.165, 1.54) is 98.5 Å². The third-order valence-electron chi connectivity index (χ3n) is 17.3. The molecule has 5 heteroatoms. The maximum Gasteiger partial charge on any atom is 0.264 e. The summed E-state index contributed by atoms with van der Waals surface area (Å²) in [6.45, 7) is 27.5. The number of benzene rings is 10. The van der Waals surface area contributed by atoms with Gasteiger partial charge in [0.15, 0.2) is 0 Å². The Balaban J connectivity index is 1.17. The van der Waals surface area contributed by atoms with Gasteiger partial charge in [-0.05, 0) is 162 Å². The molecule has 0 saturated carbocycles. The number of hydrogen-bond donors (Lipinski definition) is 0. The van der Waals surface area contributed by atoms with Gasteiger partial charge in [-0.1, -0.05) is 235 Å². The van der Waals surface area contributed by atoms with Crippen molar-refractivity contribution in [3.05, 3.63) is 253 Å². The first kappa shape index (κ1) is 53.9. The van der Waals surface area contributed by atoms with Gasteiger partial charge in [0.2, 0.25) is 0 Å². The molecule has 0 N–H and O–H groups in total. The van der Waals surface area contributed by atoms with Crippen LogP contribution in [-0.2, 0) is 21.7 Å². The van der Waals surface area contributed by atoms with Crippen molar-refractivity contribution < 1.29 is 0 Å². The van der Waals surface area contributed by atoms with E-state index in [1.807, 2.05) is 11.3 Å². The number of thiophene rings is 1. The molecule has 0 unspecified atom stereocenters. The van der Waals surface area contributed by atoms with Gasteiger partial charge in [-0.15, -0.1) is 11.3 Å². The molecule has 0 saturated heterocycles. The summed E-state index contributed by atoms with van der Waals surface area (Å²) in [5.41, 5.74) is 25.2. The lowest BCUT2D eigenvalue weighted by Gasteiger charge is -2.44.